The van der Waals surface area contributed by atoms with Crippen LogP contribution in [0.15, 0.2) is 30.9 Å². The van der Waals surface area contributed by atoms with Crippen LogP contribution in [0.2, 0.25) is 5.02 Å². The summed E-state index contributed by atoms with van der Waals surface area (Å²) >= 11 is 5.92. The zero-order valence-electron chi connectivity index (χ0n) is 9.17. The summed E-state index contributed by atoms with van der Waals surface area (Å²) in [5.41, 5.74) is 0.830. The van der Waals surface area contributed by atoms with Crippen molar-refractivity contribution in [1.29, 1.82) is 5.26 Å². The Labute approximate surface area is 108 Å². The molecule has 0 bridgehead atoms. The maximum Gasteiger partial charge on any atom is 0.246 e. The zero-order chi connectivity index (χ0) is 13.0. The van der Waals surface area contributed by atoms with Crippen molar-refractivity contribution in [2.24, 2.45) is 0 Å². The van der Waals surface area contributed by atoms with Gasteiger partial charge in [-0.05, 0) is 18.2 Å². The molecule has 6 nitrogen and oxygen atoms in total. The summed E-state index contributed by atoms with van der Waals surface area (Å²) in [4.78, 5) is 15.4. The molecule has 0 atom stereocenters. The van der Waals surface area contributed by atoms with Crippen LogP contribution in [0.3, 0.4) is 0 Å². The summed E-state index contributed by atoms with van der Waals surface area (Å²) < 4.78 is 1.39. The van der Waals surface area contributed by atoms with E-state index < -0.39 is 0 Å². The second-order valence-corrected chi connectivity index (χ2v) is 3.85. The van der Waals surface area contributed by atoms with E-state index in [4.69, 9.17) is 16.9 Å². The van der Waals surface area contributed by atoms with Crippen molar-refractivity contribution in [3.8, 4) is 6.07 Å². The molecule has 1 aromatic carbocycles. The van der Waals surface area contributed by atoms with Gasteiger partial charge in [-0.2, -0.15) is 10.4 Å². The van der Waals surface area contributed by atoms with Crippen LogP contribution in [0.1, 0.15) is 5.56 Å². The molecule has 7 heteroatoms. The number of carbonyl (C=O) groups is 1. The molecule has 1 N–H and O–H groups in total. The number of halogens is 1. The zero-order valence-corrected chi connectivity index (χ0v) is 9.92. The number of aromatic nitrogens is 3. The second kappa shape index (κ2) is 5.29. The van der Waals surface area contributed by atoms with E-state index in [2.05, 4.69) is 15.4 Å². The van der Waals surface area contributed by atoms with Crippen molar-refractivity contribution in [3.05, 3.63) is 41.4 Å². The molecule has 0 aliphatic rings. The van der Waals surface area contributed by atoms with E-state index in [1.807, 2.05) is 6.07 Å². The number of anilines is 1. The Balaban J connectivity index is 2.09. The summed E-state index contributed by atoms with van der Waals surface area (Å²) in [7, 11) is 0. The predicted octanol–water partition coefficient (Wildman–Crippen LogP) is 1.44. The van der Waals surface area contributed by atoms with E-state index >= 15 is 0 Å². The van der Waals surface area contributed by atoms with Crippen molar-refractivity contribution in [1.82, 2.24) is 14.8 Å². The first-order chi connectivity index (χ1) is 8.69. The van der Waals surface area contributed by atoms with Crippen molar-refractivity contribution >= 4 is 23.2 Å². The van der Waals surface area contributed by atoms with Gasteiger partial charge < -0.3 is 5.32 Å². The number of hydrogen-bond donors (Lipinski definition) is 1. The van der Waals surface area contributed by atoms with E-state index in [9.17, 15) is 4.79 Å². The first kappa shape index (κ1) is 12.1. The van der Waals surface area contributed by atoms with Gasteiger partial charge in [-0.25, -0.2) is 9.67 Å². The fraction of sp³-hybridized carbons (Fsp3) is 0.0909. The Morgan fingerprint density at radius 2 is 2.39 bits per heavy atom. The lowest BCUT2D eigenvalue weighted by molar-refractivity contribution is -0.116. The van der Waals surface area contributed by atoms with Gasteiger partial charge in [0.2, 0.25) is 5.91 Å². The topological polar surface area (TPSA) is 83.6 Å². The highest BCUT2D eigenvalue weighted by Crippen LogP contribution is 2.22. The van der Waals surface area contributed by atoms with Gasteiger partial charge in [0.05, 0.1) is 22.3 Å². The van der Waals surface area contributed by atoms with Crippen LogP contribution < -0.4 is 5.32 Å². The molecule has 0 aliphatic heterocycles. The highest BCUT2D eigenvalue weighted by molar-refractivity contribution is 6.33. The van der Waals surface area contributed by atoms with Gasteiger partial charge in [0, 0.05) is 0 Å². The van der Waals surface area contributed by atoms with E-state index in [0.717, 1.165) is 0 Å². The van der Waals surface area contributed by atoms with Crippen molar-refractivity contribution < 1.29 is 4.79 Å². The van der Waals surface area contributed by atoms with Gasteiger partial charge in [-0.3, -0.25) is 4.79 Å². The molecule has 2 rings (SSSR count). The molecule has 1 heterocycles. The van der Waals surface area contributed by atoms with Gasteiger partial charge in [0.25, 0.3) is 0 Å². The minimum Gasteiger partial charge on any atom is -0.323 e. The number of nitriles is 1. The third-order valence-corrected chi connectivity index (χ3v) is 2.47. The molecule has 0 radical (unpaired) electrons. The number of hydrogen-bond acceptors (Lipinski definition) is 4. The molecule has 1 amide bonds. The van der Waals surface area contributed by atoms with Gasteiger partial charge in [-0.1, -0.05) is 11.6 Å². The molecule has 0 aliphatic carbocycles. The second-order valence-electron chi connectivity index (χ2n) is 3.45. The molecular weight excluding hydrogens is 254 g/mol. The third kappa shape index (κ3) is 2.84. The third-order valence-electron chi connectivity index (χ3n) is 2.14. The monoisotopic (exact) mass is 261 g/mol. The van der Waals surface area contributed by atoms with Gasteiger partial charge in [0.1, 0.15) is 19.2 Å². The molecule has 18 heavy (non-hydrogen) atoms. The van der Waals surface area contributed by atoms with Crippen LogP contribution >= 0.6 is 11.6 Å². The SMILES string of the molecule is N#Cc1ccc(Cl)c(NC(=O)Cn2cncn2)c1. The Morgan fingerprint density at radius 1 is 1.56 bits per heavy atom. The number of benzene rings is 1. The maximum absolute atomic E-state index is 11.7. The van der Waals surface area contributed by atoms with E-state index in [0.29, 0.717) is 16.3 Å². The van der Waals surface area contributed by atoms with Crippen molar-refractivity contribution in [3.63, 3.8) is 0 Å². The Morgan fingerprint density at radius 3 is 3.06 bits per heavy atom. The molecule has 90 valence electrons. The first-order valence-corrected chi connectivity index (χ1v) is 5.39. The van der Waals surface area contributed by atoms with E-state index in [1.54, 1.807) is 12.1 Å². The molecule has 0 unspecified atom stereocenters. The molecule has 0 saturated carbocycles. The summed E-state index contributed by atoms with van der Waals surface area (Å²) in [6.45, 7) is 0.0348. The lowest BCUT2D eigenvalue weighted by Gasteiger charge is -2.07. The van der Waals surface area contributed by atoms with Gasteiger partial charge >= 0.3 is 0 Å². The molecular formula is C11H8ClN5O. The normalized spacial score (nSPS) is 9.78. The van der Waals surface area contributed by atoms with Gasteiger partial charge in [0.15, 0.2) is 0 Å². The summed E-state index contributed by atoms with van der Waals surface area (Å²) in [6, 6.07) is 6.63. The molecule has 2 aromatic rings. The Kier molecular flexibility index (Phi) is 3.55. The minimum absolute atomic E-state index is 0.0348. The molecule has 0 saturated heterocycles. The number of rotatable bonds is 3. The maximum atomic E-state index is 11.7. The number of amides is 1. The highest BCUT2D eigenvalue weighted by Gasteiger charge is 2.07. The van der Waals surface area contributed by atoms with E-state index in [1.165, 1.54) is 23.4 Å². The van der Waals surface area contributed by atoms with Crippen molar-refractivity contribution in [2.75, 3.05) is 5.32 Å². The quantitative estimate of drug-likeness (QED) is 0.906. The predicted molar refractivity (Wildman–Crippen MR) is 64.8 cm³/mol. The average molecular weight is 262 g/mol. The van der Waals surface area contributed by atoms with Crippen molar-refractivity contribution in [2.45, 2.75) is 6.54 Å². The average Bonchev–Trinajstić information content (AvgIpc) is 2.84. The Bertz CT molecular complexity index is 602. The number of nitrogens with one attached hydrogen (secondary N) is 1. The standard InChI is InChI=1S/C11H8ClN5O/c12-9-2-1-8(4-13)3-10(9)16-11(18)5-17-7-14-6-15-17/h1-3,6-7H,5H2,(H,16,18). The number of nitrogens with zero attached hydrogens (tertiary/aromatic N) is 4. The summed E-state index contributed by atoms with van der Waals surface area (Å²) in [5.74, 6) is -0.294. The first-order valence-electron chi connectivity index (χ1n) is 5.01. The summed E-state index contributed by atoms with van der Waals surface area (Å²) in [6.07, 6.45) is 2.78. The number of carbonyl (C=O) groups excluding carboxylic acids is 1. The van der Waals surface area contributed by atoms with Crippen LogP contribution in [0.4, 0.5) is 5.69 Å². The van der Waals surface area contributed by atoms with Gasteiger partial charge in [-0.15, -0.1) is 0 Å². The fourth-order valence-electron chi connectivity index (χ4n) is 1.34. The summed E-state index contributed by atoms with van der Waals surface area (Å²) in [5, 5.41) is 15.6. The van der Waals surface area contributed by atoms with Crippen LogP contribution in [0, 0.1) is 11.3 Å². The minimum atomic E-state index is -0.294. The molecule has 1 aromatic heterocycles. The highest BCUT2D eigenvalue weighted by atomic mass is 35.5. The lowest BCUT2D eigenvalue weighted by atomic mass is 10.2. The van der Waals surface area contributed by atoms with Crippen LogP contribution in [-0.2, 0) is 11.3 Å². The lowest BCUT2D eigenvalue weighted by Crippen LogP contribution is -2.19. The molecule has 0 spiro atoms. The van der Waals surface area contributed by atoms with Crippen LogP contribution in [0.5, 0.6) is 0 Å². The van der Waals surface area contributed by atoms with E-state index in [-0.39, 0.29) is 12.5 Å². The largest absolute Gasteiger partial charge is 0.323 e. The smallest absolute Gasteiger partial charge is 0.246 e. The Hall–Kier alpha value is -2.39. The fourth-order valence-corrected chi connectivity index (χ4v) is 1.51. The van der Waals surface area contributed by atoms with Crippen LogP contribution in [0.25, 0.3) is 0 Å². The van der Waals surface area contributed by atoms with Crippen LogP contribution in [-0.4, -0.2) is 20.7 Å². The molecule has 0 fully saturated rings.